The minimum Gasteiger partial charge on any atom is -0.317 e. The lowest BCUT2D eigenvalue weighted by atomic mass is 10.0. The van der Waals surface area contributed by atoms with Crippen LogP contribution in [0.3, 0.4) is 0 Å². The fraction of sp³-hybridized carbons (Fsp3) is 0.286. The van der Waals surface area contributed by atoms with Crippen molar-refractivity contribution < 1.29 is 9.59 Å². The molecule has 0 spiro atoms. The van der Waals surface area contributed by atoms with E-state index in [1.807, 2.05) is 41.3 Å². The van der Waals surface area contributed by atoms with Crippen LogP contribution < -0.4 is 5.32 Å². The molecule has 0 aliphatic carbocycles. The average molecular weight is 468 g/mol. The van der Waals surface area contributed by atoms with Gasteiger partial charge >= 0.3 is 6.03 Å². The number of aromatic nitrogens is 1. The van der Waals surface area contributed by atoms with E-state index in [4.69, 9.17) is 5.26 Å². The zero-order valence-corrected chi connectivity index (χ0v) is 19.9. The predicted octanol–water partition coefficient (Wildman–Crippen LogP) is 4.85. The molecule has 0 unspecified atom stereocenters. The number of hydrogen-bond donors (Lipinski definition) is 1. The molecule has 4 rings (SSSR count). The molecule has 0 bridgehead atoms. The third kappa shape index (κ3) is 6.52. The van der Waals surface area contributed by atoms with Gasteiger partial charge in [0.15, 0.2) is 5.78 Å². The Bertz CT molecular complexity index is 1210. The van der Waals surface area contributed by atoms with E-state index in [0.29, 0.717) is 23.4 Å². The van der Waals surface area contributed by atoms with E-state index in [0.717, 1.165) is 43.6 Å². The molecule has 2 amide bonds. The highest BCUT2D eigenvalue weighted by atomic mass is 16.2. The Morgan fingerprint density at radius 3 is 2.57 bits per heavy atom. The Labute approximate surface area is 206 Å². The standard InChI is InChI=1S/C28H29N5O2/c1-21(34)25-8-3-9-26(16-25)31-28(35)33(20-24-7-4-12-30-18-24)27-10-13-32(14-11-27)19-23-6-2-5-22(15-23)17-29/h2-9,12,15-16,18,27H,10-11,13-14,19-20H2,1H3,(H,31,35). The number of ketones is 1. The Morgan fingerprint density at radius 2 is 1.86 bits per heavy atom. The molecule has 0 saturated carbocycles. The number of anilines is 1. The van der Waals surface area contributed by atoms with Gasteiger partial charge in [0, 0.05) is 55.9 Å². The van der Waals surface area contributed by atoms with Crippen LogP contribution in [0.1, 0.15) is 46.8 Å². The van der Waals surface area contributed by atoms with Gasteiger partial charge < -0.3 is 10.2 Å². The number of nitrogens with one attached hydrogen (secondary N) is 1. The number of piperidine rings is 1. The van der Waals surface area contributed by atoms with Gasteiger partial charge in [0.1, 0.15) is 0 Å². The third-order valence-electron chi connectivity index (χ3n) is 6.32. The Kier molecular flexibility index (Phi) is 7.86. The van der Waals surface area contributed by atoms with Gasteiger partial charge in [-0.05, 0) is 61.2 Å². The number of amides is 2. The minimum atomic E-state index is -0.185. The van der Waals surface area contributed by atoms with E-state index in [9.17, 15) is 9.59 Å². The number of nitrogens with zero attached hydrogens (tertiary/aromatic N) is 4. The quantitative estimate of drug-likeness (QED) is 0.502. The molecule has 2 aromatic carbocycles. The van der Waals surface area contributed by atoms with Crippen LogP contribution >= 0.6 is 0 Å². The molecule has 178 valence electrons. The first-order valence-electron chi connectivity index (χ1n) is 11.8. The summed E-state index contributed by atoms with van der Waals surface area (Å²) in [6.07, 6.45) is 5.20. The number of Topliss-reactive ketones (excluding diaryl/α,β-unsaturated/α-hetero) is 1. The minimum absolute atomic E-state index is 0.0407. The van der Waals surface area contributed by atoms with Gasteiger partial charge in [-0.15, -0.1) is 0 Å². The van der Waals surface area contributed by atoms with Crippen molar-refractivity contribution in [2.45, 2.75) is 38.9 Å². The van der Waals surface area contributed by atoms with Crippen molar-refractivity contribution in [1.29, 1.82) is 5.26 Å². The van der Waals surface area contributed by atoms with Crippen molar-refractivity contribution in [3.8, 4) is 6.07 Å². The lowest BCUT2D eigenvalue weighted by Gasteiger charge is -2.38. The Morgan fingerprint density at radius 1 is 1.09 bits per heavy atom. The molecule has 1 aliphatic rings. The molecule has 1 aromatic heterocycles. The second kappa shape index (κ2) is 11.4. The number of benzene rings is 2. The van der Waals surface area contributed by atoms with Crippen LogP contribution in [0.5, 0.6) is 0 Å². The molecular weight excluding hydrogens is 438 g/mol. The van der Waals surface area contributed by atoms with E-state index in [2.05, 4.69) is 21.3 Å². The topological polar surface area (TPSA) is 89.3 Å². The van der Waals surface area contributed by atoms with Crippen LogP contribution in [0, 0.1) is 11.3 Å². The highest BCUT2D eigenvalue weighted by Gasteiger charge is 2.28. The zero-order chi connectivity index (χ0) is 24.6. The summed E-state index contributed by atoms with van der Waals surface area (Å²) in [7, 11) is 0. The van der Waals surface area contributed by atoms with Gasteiger partial charge in [0.05, 0.1) is 11.6 Å². The fourth-order valence-corrected chi connectivity index (χ4v) is 4.45. The second-order valence-electron chi connectivity index (χ2n) is 8.88. The highest BCUT2D eigenvalue weighted by Crippen LogP contribution is 2.22. The lowest BCUT2D eigenvalue weighted by Crippen LogP contribution is -2.48. The zero-order valence-electron chi connectivity index (χ0n) is 19.9. The van der Waals surface area contributed by atoms with Crippen molar-refractivity contribution in [2.75, 3.05) is 18.4 Å². The van der Waals surface area contributed by atoms with E-state index in [1.54, 1.807) is 36.7 Å². The first-order chi connectivity index (χ1) is 17.0. The average Bonchev–Trinajstić information content (AvgIpc) is 2.88. The van der Waals surface area contributed by atoms with Gasteiger partial charge in [0.25, 0.3) is 0 Å². The SMILES string of the molecule is CC(=O)c1cccc(NC(=O)N(Cc2cccnc2)C2CCN(Cc3cccc(C#N)c3)CC2)c1. The van der Waals surface area contributed by atoms with Gasteiger partial charge in [-0.1, -0.05) is 30.3 Å². The van der Waals surface area contributed by atoms with Crippen molar-refractivity contribution in [1.82, 2.24) is 14.8 Å². The highest BCUT2D eigenvalue weighted by molar-refractivity contribution is 5.96. The van der Waals surface area contributed by atoms with Gasteiger partial charge in [-0.3, -0.25) is 14.7 Å². The van der Waals surface area contributed by atoms with Crippen LogP contribution in [-0.4, -0.2) is 45.7 Å². The summed E-state index contributed by atoms with van der Waals surface area (Å²) >= 11 is 0. The summed E-state index contributed by atoms with van der Waals surface area (Å²) < 4.78 is 0. The van der Waals surface area contributed by atoms with E-state index < -0.39 is 0 Å². The smallest absolute Gasteiger partial charge is 0.317 e. The molecule has 0 atom stereocenters. The molecule has 7 heteroatoms. The van der Waals surface area contributed by atoms with Gasteiger partial charge in [-0.2, -0.15) is 5.26 Å². The number of nitriles is 1. The van der Waals surface area contributed by atoms with Crippen LogP contribution in [0.4, 0.5) is 10.5 Å². The maximum Gasteiger partial charge on any atom is 0.322 e. The molecule has 35 heavy (non-hydrogen) atoms. The number of likely N-dealkylation sites (tertiary alicyclic amines) is 1. The number of hydrogen-bond acceptors (Lipinski definition) is 5. The second-order valence-corrected chi connectivity index (χ2v) is 8.88. The monoisotopic (exact) mass is 467 g/mol. The number of pyridine rings is 1. The molecule has 1 N–H and O–H groups in total. The molecule has 1 saturated heterocycles. The number of carbonyl (C=O) groups excluding carboxylic acids is 2. The fourth-order valence-electron chi connectivity index (χ4n) is 4.45. The number of rotatable bonds is 7. The summed E-state index contributed by atoms with van der Waals surface area (Å²) in [5, 5.41) is 12.1. The molecule has 1 aliphatic heterocycles. The molecule has 1 fully saturated rings. The molecule has 3 aromatic rings. The largest absolute Gasteiger partial charge is 0.322 e. The predicted molar refractivity (Wildman–Crippen MR) is 135 cm³/mol. The summed E-state index contributed by atoms with van der Waals surface area (Å²) in [4.78, 5) is 33.6. The van der Waals surface area contributed by atoms with Crippen LogP contribution in [-0.2, 0) is 13.1 Å². The van der Waals surface area contributed by atoms with Crippen molar-refractivity contribution in [2.24, 2.45) is 0 Å². The maximum absolute atomic E-state index is 13.4. The summed E-state index contributed by atoms with van der Waals surface area (Å²) in [5.41, 5.74) is 3.93. The summed E-state index contributed by atoms with van der Waals surface area (Å²) in [6.45, 7) is 4.48. The Hall–Kier alpha value is -4.02. The molecule has 0 radical (unpaired) electrons. The van der Waals surface area contributed by atoms with E-state index in [-0.39, 0.29) is 17.9 Å². The van der Waals surface area contributed by atoms with Crippen molar-refractivity contribution in [3.05, 3.63) is 95.3 Å². The van der Waals surface area contributed by atoms with Crippen LogP contribution in [0.25, 0.3) is 0 Å². The summed E-state index contributed by atoms with van der Waals surface area (Å²) in [5.74, 6) is -0.0407. The van der Waals surface area contributed by atoms with Crippen LogP contribution in [0.2, 0.25) is 0 Å². The van der Waals surface area contributed by atoms with Gasteiger partial charge in [0.2, 0.25) is 0 Å². The first-order valence-corrected chi connectivity index (χ1v) is 11.8. The summed E-state index contributed by atoms with van der Waals surface area (Å²) in [6, 6.07) is 20.7. The number of urea groups is 1. The third-order valence-corrected chi connectivity index (χ3v) is 6.32. The first kappa shape index (κ1) is 24.1. The van der Waals surface area contributed by atoms with Crippen molar-refractivity contribution in [3.63, 3.8) is 0 Å². The van der Waals surface area contributed by atoms with Crippen LogP contribution in [0.15, 0.2) is 73.1 Å². The van der Waals surface area contributed by atoms with Crippen molar-refractivity contribution >= 4 is 17.5 Å². The van der Waals surface area contributed by atoms with Gasteiger partial charge in [-0.25, -0.2) is 4.79 Å². The lowest BCUT2D eigenvalue weighted by molar-refractivity contribution is 0.101. The number of carbonyl (C=O) groups is 2. The molecular formula is C28H29N5O2. The molecule has 7 nitrogen and oxygen atoms in total. The molecule has 2 heterocycles. The Balaban J connectivity index is 1.45. The maximum atomic E-state index is 13.4. The van der Waals surface area contributed by atoms with E-state index >= 15 is 0 Å². The van der Waals surface area contributed by atoms with E-state index in [1.165, 1.54) is 6.92 Å². The normalized spacial score (nSPS) is 14.2.